The van der Waals surface area contributed by atoms with Crippen LogP contribution in [0.1, 0.15) is 39.5 Å². The second-order valence-corrected chi connectivity index (χ2v) is 4.19. The Hall–Kier alpha value is -0.610. The summed E-state index contributed by atoms with van der Waals surface area (Å²) in [6.45, 7) is 5.01. The molecule has 0 aromatic carbocycles. The highest BCUT2D eigenvalue weighted by molar-refractivity contribution is 5.80. The van der Waals surface area contributed by atoms with Gasteiger partial charge in [0.05, 0.1) is 13.7 Å². The molecule has 1 N–H and O–H groups in total. The summed E-state index contributed by atoms with van der Waals surface area (Å²) in [5, 5.41) is 2.93. The van der Waals surface area contributed by atoms with E-state index in [1.807, 2.05) is 0 Å². The molecule has 96 valence electrons. The number of esters is 1. The molecule has 0 aromatic heterocycles. The average molecular weight is 231 g/mol. The summed E-state index contributed by atoms with van der Waals surface area (Å²) < 4.78 is 10.2. The standard InChI is InChI=1S/C12H25NO3/c1-5-6-7-8-9-16-10-12(2,13-3)11(14)15-4/h13H,5-10H2,1-4H3. The third-order valence-electron chi connectivity index (χ3n) is 2.72. The third kappa shape index (κ3) is 5.47. The summed E-state index contributed by atoms with van der Waals surface area (Å²) in [6, 6.07) is 0. The second kappa shape index (κ2) is 8.53. The summed E-state index contributed by atoms with van der Waals surface area (Å²) in [4.78, 5) is 11.5. The third-order valence-corrected chi connectivity index (χ3v) is 2.72. The number of ether oxygens (including phenoxy) is 2. The lowest BCUT2D eigenvalue weighted by molar-refractivity contribution is -0.150. The minimum atomic E-state index is -0.737. The van der Waals surface area contributed by atoms with Crippen LogP contribution < -0.4 is 5.32 Å². The zero-order chi connectivity index (χ0) is 12.4. The maximum Gasteiger partial charge on any atom is 0.328 e. The van der Waals surface area contributed by atoms with Crippen molar-refractivity contribution in [2.45, 2.75) is 45.1 Å². The zero-order valence-corrected chi connectivity index (χ0v) is 11.0. The molecule has 0 amide bonds. The number of hydrogen-bond donors (Lipinski definition) is 1. The lowest BCUT2D eigenvalue weighted by Gasteiger charge is -2.25. The van der Waals surface area contributed by atoms with Gasteiger partial charge >= 0.3 is 5.97 Å². The van der Waals surface area contributed by atoms with E-state index in [0.717, 1.165) is 6.42 Å². The second-order valence-electron chi connectivity index (χ2n) is 4.19. The van der Waals surface area contributed by atoms with Crippen molar-refractivity contribution in [2.75, 3.05) is 27.4 Å². The summed E-state index contributed by atoms with van der Waals surface area (Å²) in [5.74, 6) is -0.288. The van der Waals surface area contributed by atoms with Gasteiger partial charge in [0, 0.05) is 6.61 Å². The molecule has 0 aliphatic rings. The van der Waals surface area contributed by atoms with E-state index in [9.17, 15) is 4.79 Å². The molecule has 1 atom stereocenters. The fraction of sp³-hybridized carbons (Fsp3) is 0.917. The molecule has 1 unspecified atom stereocenters. The van der Waals surface area contributed by atoms with Gasteiger partial charge in [-0.05, 0) is 20.4 Å². The topological polar surface area (TPSA) is 47.6 Å². The van der Waals surface area contributed by atoms with Crippen LogP contribution in [0.3, 0.4) is 0 Å². The van der Waals surface area contributed by atoms with Crippen LogP contribution in [0.15, 0.2) is 0 Å². The van der Waals surface area contributed by atoms with E-state index in [4.69, 9.17) is 9.47 Å². The zero-order valence-electron chi connectivity index (χ0n) is 11.0. The SMILES string of the molecule is CCCCCCOCC(C)(NC)C(=O)OC. The van der Waals surface area contributed by atoms with Crippen LogP contribution in [0.5, 0.6) is 0 Å². The minimum absolute atomic E-state index is 0.288. The van der Waals surface area contributed by atoms with E-state index in [1.165, 1.54) is 26.4 Å². The molecule has 16 heavy (non-hydrogen) atoms. The number of likely N-dealkylation sites (N-methyl/N-ethyl adjacent to an activating group) is 1. The summed E-state index contributed by atoms with van der Waals surface area (Å²) in [7, 11) is 3.12. The Balaban J connectivity index is 3.74. The first-order valence-corrected chi connectivity index (χ1v) is 5.95. The number of nitrogens with one attached hydrogen (secondary N) is 1. The molecule has 0 aromatic rings. The highest BCUT2D eigenvalue weighted by Gasteiger charge is 2.32. The average Bonchev–Trinajstić information content (AvgIpc) is 2.32. The molecule has 0 saturated heterocycles. The molecule has 0 bridgehead atoms. The van der Waals surface area contributed by atoms with Gasteiger partial charge in [-0.3, -0.25) is 0 Å². The highest BCUT2D eigenvalue weighted by atomic mass is 16.5. The molecule has 4 heteroatoms. The van der Waals surface area contributed by atoms with Crippen LogP contribution in [0.25, 0.3) is 0 Å². The van der Waals surface area contributed by atoms with Crippen molar-refractivity contribution in [3.63, 3.8) is 0 Å². The molecule has 0 saturated carbocycles. The van der Waals surface area contributed by atoms with Gasteiger partial charge in [0.1, 0.15) is 5.54 Å². The molecule has 0 spiro atoms. The van der Waals surface area contributed by atoms with Crippen LogP contribution in [-0.2, 0) is 14.3 Å². The van der Waals surface area contributed by atoms with Gasteiger partial charge in [0.15, 0.2) is 0 Å². The van der Waals surface area contributed by atoms with Crippen LogP contribution in [-0.4, -0.2) is 38.9 Å². The van der Waals surface area contributed by atoms with Gasteiger partial charge < -0.3 is 14.8 Å². The number of unbranched alkanes of at least 4 members (excludes halogenated alkanes) is 3. The van der Waals surface area contributed by atoms with Crippen molar-refractivity contribution in [2.24, 2.45) is 0 Å². The first-order chi connectivity index (χ1) is 7.60. The van der Waals surface area contributed by atoms with Crippen molar-refractivity contribution in [3.05, 3.63) is 0 Å². The normalized spacial score (nSPS) is 14.5. The Morgan fingerprint density at radius 2 is 2.00 bits per heavy atom. The van der Waals surface area contributed by atoms with Gasteiger partial charge in [-0.15, -0.1) is 0 Å². The first-order valence-electron chi connectivity index (χ1n) is 5.95. The van der Waals surface area contributed by atoms with Gasteiger partial charge in [-0.2, -0.15) is 0 Å². The van der Waals surface area contributed by atoms with Gasteiger partial charge in [-0.25, -0.2) is 4.79 Å². The molecule has 0 aliphatic carbocycles. The smallest absolute Gasteiger partial charge is 0.328 e. The number of hydrogen-bond acceptors (Lipinski definition) is 4. The van der Waals surface area contributed by atoms with Gasteiger partial charge in [0.25, 0.3) is 0 Å². The number of methoxy groups -OCH3 is 1. The van der Waals surface area contributed by atoms with Crippen LogP contribution in [0, 0.1) is 0 Å². The number of carbonyl (C=O) groups is 1. The Morgan fingerprint density at radius 1 is 1.31 bits per heavy atom. The molecule has 0 aliphatic heterocycles. The maximum atomic E-state index is 11.5. The molecule has 0 fully saturated rings. The van der Waals surface area contributed by atoms with E-state index < -0.39 is 5.54 Å². The largest absolute Gasteiger partial charge is 0.468 e. The Kier molecular flexibility index (Phi) is 8.21. The van der Waals surface area contributed by atoms with E-state index in [0.29, 0.717) is 13.2 Å². The number of carbonyl (C=O) groups excluding carboxylic acids is 1. The predicted octanol–water partition coefficient (Wildman–Crippen LogP) is 1.73. The fourth-order valence-corrected chi connectivity index (χ4v) is 1.37. The van der Waals surface area contributed by atoms with Crippen molar-refractivity contribution in [3.8, 4) is 0 Å². The minimum Gasteiger partial charge on any atom is -0.468 e. The van der Waals surface area contributed by atoms with E-state index in [2.05, 4.69) is 12.2 Å². The number of rotatable bonds is 9. The lowest BCUT2D eigenvalue weighted by Crippen LogP contribution is -2.52. The monoisotopic (exact) mass is 231 g/mol. The molecular weight excluding hydrogens is 206 g/mol. The van der Waals surface area contributed by atoms with Crippen LogP contribution in [0.4, 0.5) is 0 Å². The first kappa shape index (κ1) is 15.4. The van der Waals surface area contributed by atoms with E-state index >= 15 is 0 Å². The quantitative estimate of drug-likeness (QED) is 0.485. The molecule has 0 rings (SSSR count). The molecular formula is C12H25NO3. The highest BCUT2D eigenvalue weighted by Crippen LogP contribution is 2.07. The van der Waals surface area contributed by atoms with Crippen molar-refractivity contribution < 1.29 is 14.3 Å². The Labute approximate surface area is 98.7 Å². The van der Waals surface area contributed by atoms with Gasteiger partial charge in [-0.1, -0.05) is 26.2 Å². The predicted molar refractivity (Wildman–Crippen MR) is 64.4 cm³/mol. The lowest BCUT2D eigenvalue weighted by atomic mass is 10.1. The van der Waals surface area contributed by atoms with Crippen LogP contribution >= 0.6 is 0 Å². The van der Waals surface area contributed by atoms with E-state index in [-0.39, 0.29) is 5.97 Å². The van der Waals surface area contributed by atoms with Crippen molar-refractivity contribution in [1.29, 1.82) is 0 Å². The van der Waals surface area contributed by atoms with Crippen LogP contribution in [0.2, 0.25) is 0 Å². The van der Waals surface area contributed by atoms with Crippen molar-refractivity contribution >= 4 is 5.97 Å². The molecule has 0 heterocycles. The maximum absolute atomic E-state index is 11.5. The fourth-order valence-electron chi connectivity index (χ4n) is 1.37. The molecule has 0 radical (unpaired) electrons. The summed E-state index contributed by atoms with van der Waals surface area (Å²) >= 11 is 0. The van der Waals surface area contributed by atoms with Gasteiger partial charge in [0.2, 0.25) is 0 Å². The Bertz CT molecular complexity index is 197. The van der Waals surface area contributed by atoms with Crippen molar-refractivity contribution in [1.82, 2.24) is 5.32 Å². The Morgan fingerprint density at radius 3 is 2.50 bits per heavy atom. The molecule has 4 nitrogen and oxygen atoms in total. The summed E-state index contributed by atoms with van der Waals surface area (Å²) in [6.07, 6.45) is 4.69. The summed E-state index contributed by atoms with van der Waals surface area (Å²) in [5.41, 5.74) is -0.737. The van der Waals surface area contributed by atoms with E-state index in [1.54, 1.807) is 14.0 Å².